The highest BCUT2D eigenvalue weighted by Gasteiger charge is 2.39. The third-order valence-corrected chi connectivity index (χ3v) is 8.62. The van der Waals surface area contributed by atoms with Gasteiger partial charge in [0.25, 0.3) is 0 Å². The molecular formula is C31H33N3O7S. The molecule has 0 saturated carbocycles. The molecule has 4 aromatic rings. The minimum absolute atomic E-state index is 0.00695. The second kappa shape index (κ2) is 12.4. The summed E-state index contributed by atoms with van der Waals surface area (Å²) in [5.74, 6) is -1.17. The maximum Gasteiger partial charge on any atom is 0.320 e. The minimum atomic E-state index is -4.08. The van der Waals surface area contributed by atoms with E-state index in [4.69, 9.17) is 9.15 Å². The quantitative estimate of drug-likeness (QED) is 0.254. The molecule has 1 fully saturated rings. The van der Waals surface area contributed by atoms with Gasteiger partial charge in [-0.1, -0.05) is 62.4 Å². The number of nitrogens with one attached hydrogen (secondary N) is 2. The molecule has 0 radical (unpaired) electrons. The second-order valence-electron chi connectivity index (χ2n) is 10.8. The summed E-state index contributed by atoms with van der Waals surface area (Å²) in [6.45, 7) is 3.49. The van der Waals surface area contributed by atoms with Gasteiger partial charge in [-0.15, -0.1) is 0 Å². The summed E-state index contributed by atoms with van der Waals surface area (Å²) >= 11 is 0. The lowest BCUT2D eigenvalue weighted by molar-refractivity contribution is -0.144. The van der Waals surface area contributed by atoms with Gasteiger partial charge in [-0.3, -0.25) is 19.7 Å². The number of sulfonamides is 1. The zero-order chi connectivity index (χ0) is 29.9. The fourth-order valence-corrected chi connectivity index (χ4v) is 6.28. The SMILES string of the molecule is CC(C)C[C@H](NCC(=O)OCc1ccccc1)C(=O)N1CC(=O)C(NS(=O)(=O)c2ccc3oc4ccccc4c3c2)C1. The van der Waals surface area contributed by atoms with Crippen molar-refractivity contribution in [1.29, 1.82) is 0 Å². The van der Waals surface area contributed by atoms with Gasteiger partial charge in [0, 0.05) is 17.3 Å². The number of carbonyl (C=O) groups excluding carboxylic acids is 3. The van der Waals surface area contributed by atoms with Crippen LogP contribution in [0.3, 0.4) is 0 Å². The Labute approximate surface area is 244 Å². The number of nitrogens with zero attached hydrogens (tertiary/aromatic N) is 1. The predicted molar refractivity (Wildman–Crippen MR) is 157 cm³/mol. The van der Waals surface area contributed by atoms with Gasteiger partial charge >= 0.3 is 5.97 Å². The maximum atomic E-state index is 13.4. The van der Waals surface area contributed by atoms with Gasteiger partial charge < -0.3 is 14.1 Å². The number of benzene rings is 3. The smallest absolute Gasteiger partial charge is 0.320 e. The minimum Gasteiger partial charge on any atom is -0.460 e. The molecule has 2 atom stereocenters. The Balaban J connectivity index is 1.22. The highest BCUT2D eigenvalue weighted by molar-refractivity contribution is 7.89. The van der Waals surface area contributed by atoms with Crippen molar-refractivity contribution in [3.05, 3.63) is 78.4 Å². The molecule has 1 amide bonds. The number of amides is 1. The molecule has 1 saturated heterocycles. The van der Waals surface area contributed by atoms with Crippen molar-refractivity contribution < 1.29 is 32.0 Å². The number of fused-ring (bicyclic) bond motifs is 3. The van der Waals surface area contributed by atoms with Crippen LogP contribution in [0.25, 0.3) is 21.9 Å². The summed E-state index contributed by atoms with van der Waals surface area (Å²) < 4.78 is 40.1. The van der Waals surface area contributed by atoms with E-state index in [0.717, 1.165) is 10.9 Å². The second-order valence-corrected chi connectivity index (χ2v) is 12.5. The molecule has 10 nitrogen and oxygen atoms in total. The van der Waals surface area contributed by atoms with Gasteiger partial charge in [0.05, 0.1) is 30.1 Å². The van der Waals surface area contributed by atoms with Crippen molar-refractivity contribution >= 4 is 49.6 Å². The molecule has 42 heavy (non-hydrogen) atoms. The molecule has 5 rings (SSSR count). The first-order valence-corrected chi connectivity index (χ1v) is 15.3. The Morgan fingerprint density at radius 1 is 1.00 bits per heavy atom. The van der Waals surface area contributed by atoms with Gasteiger partial charge in [0.1, 0.15) is 17.8 Å². The van der Waals surface area contributed by atoms with Crippen LogP contribution in [0.1, 0.15) is 25.8 Å². The van der Waals surface area contributed by atoms with Gasteiger partial charge in [0.15, 0.2) is 5.78 Å². The summed E-state index contributed by atoms with van der Waals surface area (Å²) in [5.41, 5.74) is 2.04. The zero-order valence-corrected chi connectivity index (χ0v) is 24.2. The first kappa shape index (κ1) is 29.4. The van der Waals surface area contributed by atoms with E-state index in [1.165, 1.54) is 17.0 Å². The molecule has 1 aromatic heterocycles. The Hall–Kier alpha value is -4.06. The van der Waals surface area contributed by atoms with Gasteiger partial charge in [-0.2, -0.15) is 4.72 Å². The van der Waals surface area contributed by atoms with Crippen molar-refractivity contribution in [2.75, 3.05) is 19.6 Å². The molecule has 11 heteroatoms. The Morgan fingerprint density at radius 2 is 1.71 bits per heavy atom. The van der Waals surface area contributed by atoms with E-state index >= 15 is 0 Å². The lowest BCUT2D eigenvalue weighted by atomic mass is 10.0. The normalized spacial score (nSPS) is 16.4. The van der Waals surface area contributed by atoms with E-state index in [2.05, 4.69) is 10.0 Å². The van der Waals surface area contributed by atoms with Crippen LogP contribution >= 0.6 is 0 Å². The average molecular weight is 592 g/mol. The number of ether oxygens (including phenoxy) is 1. The van der Waals surface area contributed by atoms with Crippen molar-refractivity contribution in [3.63, 3.8) is 0 Å². The summed E-state index contributed by atoms with van der Waals surface area (Å²) in [6.07, 6.45) is 0.421. The Morgan fingerprint density at radius 3 is 2.48 bits per heavy atom. The monoisotopic (exact) mass is 591 g/mol. The van der Waals surface area contributed by atoms with E-state index in [1.807, 2.05) is 62.4 Å². The lowest BCUT2D eigenvalue weighted by Crippen LogP contribution is -2.49. The van der Waals surface area contributed by atoms with Crippen molar-refractivity contribution in [3.8, 4) is 0 Å². The molecule has 1 aliphatic rings. The number of rotatable bonds is 11. The largest absolute Gasteiger partial charge is 0.460 e. The third kappa shape index (κ3) is 6.70. The molecular weight excluding hydrogens is 558 g/mol. The zero-order valence-electron chi connectivity index (χ0n) is 23.4. The number of hydrogen-bond donors (Lipinski definition) is 2. The van der Waals surface area contributed by atoms with Gasteiger partial charge in [0.2, 0.25) is 15.9 Å². The number of ketones is 1. The number of esters is 1. The summed E-state index contributed by atoms with van der Waals surface area (Å²) in [6, 6.07) is 19.3. The van der Waals surface area contributed by atoms with Crippen LogP contribution in [0, 0.1) is 5.92 Å². The highest BCUT2D eigenvalue weighted by Crippen LogP contribution is 2.30. The van der Waals surface area contributed by atoms with Crippen LogP contribution in [-0.4, -0.2) is 62.7 Å². The van der Waals surface area contributed by atoms with Gasteiger partial charge in [-0.25, -0.2) is 8.42 Å². The average Bonchev–Trinajstić information content (AvgIpc) is 3.53. The van der Waals surface area contributed by atoms with Gasteiger partial charge in [-0.05, 0) is 42.2 Å². The van der Waals surface area contributed by atoms with E-state index in [-0.39, 0.29) is 43.0 Å². The lowest BCUT2D eigenvalue weighted by Gasteiger charge is -2.25. The van der Waals surface area contributed by atoms with Crippen molar-refractivity contribution in [2.24, 2.45) is 5.92 Å². The summed E-state index contributed by atoms with van der Waals surface area (Å²) in [4.78, 5) is 39.9. The maximum absolute atomic E-state index is 13.4. The molecule has 1 aliphatic heterocycles. The van der Waals surface area contributed by atoms with Crippen LogP contribution in [0.4, 0.5) is 0 Å². The fraction of sp³-hybridized carbons (Fsp3) is 0.323. The van der Waals surface area contributed by atoms with Crippen molar-refractivity contribution in [1.82, 2.24) is 14.9 Å². The molecule has 220 valence electrons. The number of hydrogen-bond acceptors (Lipinski definition) is 8. The Kier molecular flexibility index (Phi) is 8.72. The number of Topliss-reactive ketones (excluding diaryl/α,β-unsaturated/α-hetero) is 1. The van der Waals surface area contributed by atoms with E-state index < -0.39 is 33.9 Å². The first-order chi connectivity index (χ1) is 20.1. The molecule has 0 aliphatic carbocycles. The number of carbonyl (C=O) groups is 3. The summed E-state index contributed by atoms with van der Waals surface area (Å²) in [7, 11) is -4.08. The Bertz CT molecular complexity index is 1720. The number of furan rings is 1. The van der Waals surface area contributed by atoms with Crippen LogP contribution in [-0.2, 0) is 35.8 Å². The van der Waals surface area contributed by atoms with Crippen LogP contribution in [0.5, 0.6) is 0 Å². The van der Waals surface area contributed by atoms with Crippen LogP contribution < -0.4 is 10.0 Å². The predicted octanol–water partition coefficient (Wildman–Crippen LogP) is 3.39. The number of para-hydroxylation sites is 1. The van der Waals surface area contributed by atoms with Crippen molar-refractivity contribution in [2.45, 2.75) is 43.9 Å². The van der Waals surface area contributed by atoms with E-state index in [1.54, 1.807) is 12.1 Å². The van der Waals surface area contributed by atoms with E-state index in [9.17, 15) is 22.8 Å². The molecule has 1 unspecified atom stereocenters. The molecule has 3 aromatic carbocycles. The topological polar surface area (TPSA) is 135 Å². The molecule has 2 N–H and O–H groups in total. The first-order valence-electron chi connectivity index (χ1n) is 13.8. The standard InChI is InChI=1S/C31H33N3O7S/c1-20(2)14-25(32-16-30(36)40-19-21-8-4-3-5-9-21)31(37)34-17-26(27(35)18-34)33-42(38,39)22-12-13-29-24(15-22)23-10-6-7-11-28(23)41-29/h3-13,15,20,25-26,32-33H,14,16-19H2,1-2H3/t25-,26?/m0/s1. The molecule has 2 heterocycles. The van der Waals surface area contributed by atoms with E-state index in [0.29, 0.717) is 23.0 Å². The van der Waals surface area contributed by atoms with Crippen LogP contribution in [0.15, 0.2) is 82.1 Å². The molecule has 0 bridgehead atoms. The van der Waals surface area contributed by atoms with Crippen LogP contribution in [0.2, 0.25) is 0 Å². The third-order valence-electron chi connectivity index (χ3n) is 7.15. The molecule has 0 spiro atoms. The fourth-order valence-electron chi connectivity index (χ4n) is 5.04. The number of likely N-dealkylation sites (tertiary alicyclic amines) is 1. The summed E-state index contributed by atoms with van der Waals surface area (Å²) in [5, 5.41) is 4.40. The highest BCUT2D eigenvalue weighted by atomic mass is 32.2.